The van der Waals surface area contributed by atoms with Crippen LogP contribution < -0.4 is 10.6 Å². The summed E-state index contributed by atoms with van der Waals surface area (Å²) < 4.78 is 5.27. The van der Waals surface area contributed by atoms with E-state index in [0.29, 0.717) is 16.3 Å². The summed E-state index contributed by atoms with van der Waals surface area (Å²) in [6, 6.07) is 5.44. The van der Waals surface area contributed by atoms with Crippen molar-refractivity contribution in [2.75, 3.05) is 12.4 Å². The lowest BCUT2D eigenvalue weighted by molar-refractivity contribution is 0.0963. The van der Waals surface area contributed by atoms with Crippen molar-refractivity contribution >= 4 is 39.5 Å². The Labute approximate surface area is 158 Å². The van der Waals surface area contributed by atoms with Crippen LogP contribution in [-0.4, -0.2) is 24.0 Å². The average molecular weight is 387 g/mol. The van der Waals surface area contributed by atoms with E-state index in [9.17, 15) is 9.59 Å². The van der Waals surface area contributed by atoms with Gasteiger partial charge in [0.1, 0.15) is 5.00 Å². The number of carbonyl (C=O) groups excluding carboxylic acids is 2. The molecule has 6 nitrogen and oxygen atoms in total. The molecule has 1 aliphatic rings. The number of amides is 2. The molecule has 0 fully saturated rings. The van der Waals surface area contributed by atoms with Gasteiger partial charge in [0.15, 0.2) is 11.5 Å². The van der Waals surface area contributed by atoms with Crippen molar-refractivity contribution in [3.8, 4) is 10.6 Å². The first-order valence-electron chi connectivity index (χ1n) is 8.36. The first-order valence-corrected chi connectivity index (χ1v) is 10.1. The molecule has 0 radical (unpaired) electrons. The monoisotopic (exact) mass is 387 g/mol. The Morgan fingerprint density at radius 2 is 2.08 bits per heavy atom. The van der Waals surface area contributed by atoms with Crippen molar-refractivity contribution in [2.45, 2.75) is 25.7 Å². The summed E-state index contributed by atoms with van der Waals surface area (Å²) in [5.41, 5.74) is 1.85. The molecule has 0 saturated heterocycles. The van der Waals surface area contributed by atoms with Crippen LogP contribution in [0.25, 0.3) is 10.6 Å². The number of nitrogens with one attached hydrogen (secondary N) is 2. The Hall–Kier alpha value is -2.45. The van der Waals surface area contributed by atoms with Gasteiger partial charge in [0, 0.05) is 18.0 Å². The zero-order valence-electron chi connectivity index (χ0n) is 14.1. The summed E-state index contributed by atoms with van der Waals surface area (Å²) in [4.78, 5) is 27.1. The van der Waals surface area contributed by atoms with Crippen molar-refractivity contribution in [1.29, 1.82) is 0 Å². The van der Waals surface area contributed by atoms with Crippen LogP contribution in [0.15, 0.2) is 28.1 Å². The van der Waals surface area contributed by atoms with Crippen LogP contribution in [0.2, 0.25) is 0 Å². The van der Waals surface area contributed by atoms with Crippen molar-refractivity contribution in [1.82, 2.24) is 10.5 Å². The summed E-state index contributed by atoms with van der Waals surface area (Å²) in [6.45, 7) is 0. The number of fused-ring (bicyclic) bond motifs is 1. The molecule has 2 N–H and O–H groups in total. The fourth-order valence-electron chi connectivity index (χ4n) is 3.10. The molecule has 3 aromatic rings. The number of anilines is 1. The number of aromatic nitrogens is 1. The smallest absolute Gasteiger partial charge is 0.278 e. The molecule has 3 aromatic heterocycles. The molecule has 134 valence electrons. The molecule has 26 heavy (non-hydrogen) atoms. The molecule has 4 rings (SSSR count). The van der Waals surface area contributed by atoms with Gasteiger partial charge in [-0.25, -0.2) is 0 Å². The normalized spacial score (nSPS) is 13.3. The third-order valence-electron chi connectivity index (χ3n) is 4.36. The van der Waals surface area contributed by atoms with Crippen molar-refractivity contribution in [2.24, 2.45) is 0 Å². The van der Waals surface area contributed by atoms with Crippen LogP contribution in [0.4, 0.5) is 5.00 Å². The Balaban J connectivity index is 1.62. The van der Waals surface area contributed by atoms with Crippen molar-refractivity contribution in [3.05, 3.63) is 45.3 Å². The Kier molecular flexibility index (Phi) is 4.60. The first-order chi connectivity index (χ1) is 12.7. The highest BCUT2D eigenvalue weighted by Gasteiger charge is 2.26. The third kappa shape index (κ3) is 3.06. The number of hydrogen-bond donors (Lipinski definition) is 2. The van der Waals surface area contributed by atoms with E-state index in [1.807, 2.05) is 17.5 Å². The molecule has 0 saturated carbocycles. The zero-order chi connectivity index (χ0) is 18.1. The molecule has 0 unspecified atom stereocenters. The largest absolute Gasteiger partial charge is 0.355 e. The maximum Gasteiger partial charge on any atom is 0.278 e. The Morgan fingerprint density at radius 1 is 1.23 bits per heavy atom. The Morgan fingerprint density at radius 3 is 2.85 bits per heavy atom. The molecule has 2 amide bonds. The summed E-state index contributed by atoms with van der Waals surface area (Å²) in [6.07, 6.45) is 4.00. The standard InChI is InChI=1S/C18H17N3O3S2/c1-19-17(23)15-10-5-2-3-6-13(10)26-18(15)20-16(22)11-9-12(24-21-11)14-7-4-8-25-14/h4,7-9H,2-3,5-6H2,1H3,(H,19,23)(H,20,22). The number of hydrogen-bond acceptors (Lipinski definition) is 6. The lowest BCUT2D eigenvalue weighted by Gasteiger charge is -2.12. The van der Waals surface area contributed by atoms with Crippen LogP contribution in [0.3, 0.4) is 0 Å². The molecular weight excluding hydrogens is 370 g/mol. The minimum Gasteiger partial charge on any atom is -0.355 e. The first kappa shape index (κ1) is 17.0. The quantitative estimate of drug-likeness (QED) is 0.710. The number of rotatable bonds is 4. The predicted octanol–water partition coefficient (Wildman–Crippen LogP) is 3.96. The molecule has 8 heteroatoms. The van der Waals surface area contributed by atoms with Crippen molar-refractivity contribution in [3.63, 3.8) is 0 Å². The average Bonchev–Trinajstić information content (AvgIpc) is 3.38. The maximum absolute atomic E-state index is 12.6. The predicted molar refractivity (Wildman–Crippen MR) is 102 cm³/mol. The lowest BCUT2D eigenvalue weighted by Crippen LogP contribution is -2.22. The molecule has 0 spiro atoms. The summed E-state index contributed by atoms with van der Waals surface area (Å²) in [7, 11) is 1.60. The molecule has 3 heterocycles. The van der Waals surface area contributed by atoms with Crippen LogP contribution in [0.5, 0.6) is 0 Å². The van der Waals surface area contributed by atoms with Crippen LogP contribution in [0.1, 0.15) is 44.1 Å². The van der Waals surface area contributed by atoms with Gasteiger partial charge in [-0.15, -0.1) is 22.7 Å². The topological polar surface area (TPSA) is 84.2 Å². The summed E-state index contributed by atoms with van der Waals surface area (Å²) in [5, 5.41) is 11.9. The molecule has 0 bridgehead atoms. The minimum atomic E-state index is -0.375. The van der Waals surface area contributed by atoms with E-state index in [1.54, 1.807) is 13.1 Å². The van der Waals surface area contributed by atoms with E-state index in [4.69, 9.17) is 4.52 Å². The number of carbonyl (C=O) groups is 2. The van der Waals surface area contributed by atoms with Crippen LogP contribution >= 0.6 is 22.7 Å². The highest BCUT2D eigenvalue weighted by atomic mass is 32.1. The van der Waals surface area contributed by atoms with Gasteiger partial charge < -0.3 is 15.2 Å². The highest BCUT2D eigenvalue weighted by Crippen LogP contribution is 2.38. The third-order valence-corrected chi connectivity index (χ3v) is 6.45. The highest BCUT2D eigenvalue weighted by molar-refractivity contribution is 7.17. The number of thiophene rings is 2. The fourth-order valence-corrected chi connectivity index (χ4v) is 5.06. The number of nitrogens with zero attached hydrogens (tertiary/aromatic N) is 1. The van der Waals surface area contributed by atoms with E-state index in [2.05, 4.69) is 15.8 Å². The van der Waals surface area contributed by atoms with Gasteiger partial charge in [-0.3, -0.25) is 9.59 Å². The molecule has 0 aromatic carbocycles. The molecular formula is C18H17N3O3S2. The minimum absolute atomic E-state index is 0.167. The van der Waals surface area contributed by atoms with Crippen molar-refractivity contribution < 1.29 is 14.1 Å². The van der Waals surface area contributed by atoms with Crippen LogP contribution in [0, 0.1) is 0 Å². The summed E-state index contributed by atoms with van der Waals surface area (Å²) >= 11 is 3.00. The Bertz CT molecular complexity index is 957. The molecule has 0 atom stereocenters. The van der Waals surface area contributed by atoms with Gasteiger partial charge in [0.2, 0.25) is 0 Å². The fraction of sp³-hybridized carbons (Fsp3) is 0.278. The van der Waals surface area contributed by atoms with Gasteiger partial charge in [0.25, 0.3) is 11.8 Å². The van der Waals surface area contributed by atoms with Gasteiger partial charge in [0.05, 0.1) is 10.4 Å². The van der Waals surface area contributed by atoms with Crippen LogP contribution in [-0.2, 0) is 12.8 Å². The second-order valence-corrected chi connectivity index (χ2v) is 8.05. The van der Waals surface area contributed by atoms with E-state index >= 15 is 0 Å². The van der Waals surface area contributed by atoms with E-state index in [-0.39, 0.29) is 17.5 Å². The van der Waals surface area contributed by atoms with E-state index < -0.39 is 0 Å². The van der Waals surface area contributed by atoms with E-state index in [0.717, 1.165) is 36.1 Å². The van der Waals surface area contributed by atoms with Gasteiger partial charge in [-0.1, -0.05) is 11.2 Å². The second-order valence-electron chi connectivity index (χ2n) is 6.00. The van der Waals surface area contributed by atoms with E-state index in [1.165, 1.54) is 27.6 Å². The lowest BCUT2D eigenvalue weighted by atomic mass is 9.95. The zero-order valence-corrected chi connectivity index (χ0v) is 15.8. The van der Waals surface area contributed by atoms with Gasteiger partial charge in [-0.05, 0) is 42.7 Å². The molecule has 1 aliphatic carbocycles. The SMILES string of the molecule is CNC(=O)c1c(NC(=O)c2cc(-c3cccs3)on2)sc2c1CCCC2. The van der Waals surface area contributed by atoms with Gasteiger partial charge >= 0.3 is 0 Å². The maximum atomic E-state index is 12.6. The van der Waals surface area contributed by atoms with Gasteiger partial charge in [-0.2, -0.15) is 0 Å². The number of aryl methyl sites for hydroxylation is 1. The molecule has 0 aliphatic heterocycles. The summed E-state index contributed by atoms with van der Waals surface area (Å²) in [5.74, 6) is 0.0154. The second kappa shape index (κ2) is 7.05.